The van der Waals surface area contributed by atoms with Gasteiger partial charge in [0.25, 0.3) is 0 Å². The van der Waals surface area contributed by atoms with Gasteiger partial charge in [0.1, 0.15) is 5.15 Å². The van der Waals surface area contributed by atoms with Crippen LogP contribution in [0.1, 0.15) is 16.7 Å². The monoisotopic (exact) mass is 289 g/mol. The average Bonchev–Trinajstić information content (AvgIpc) is 2.43. The van der Waals surface area contributed by atoms with Crippen molar-refractivity contribution in [3.63, 3.8) is 0 Å². The maximum atomic E-state index is 12.0. The molecule has 0 aliphatic heterocycles. The molecule has 20 heavy (non-hydrogen) atoms. The fourth-order valence-corrected chi connectivity index (χ4v) is 2.04. The Morgan fingerprint density at radius 3 is 2.70 bits per heavy atom. The third-order valence-electron chi connectivity index (χ3n) is 2.99. The van der Waals surface area contributed by atoms with E-state index < -0.39 is 0 Å². The maximum absolute atomic E-state index is 12.0. The fraction of sp³-hybridized carbons (Fsp3) is 0.200. The minimum absolute atomic E-state index is 0.102. The summed E-state index contributed by atoms with van der Waals surface area (Å²) in [7, 11) is 0. The summed E-state index contributed by atoms with van der Waals surface area (Å²) < 4.78 is 0. The largest absolute Gasteiger partial charge is 0.326 e. The Kier molecular flexibility index (Phi) is 4.71. The lowest BCUT2D eigenvalue weighted by Gasteiger charge is -2.09. The molecular formula is C15H16ClN3O. The lowest BCUT2D eigenvalue weighted by Crippen LogP contribution is -2.16. The molecule has 104 valence electrons. The molecule has 0 aliphatic carbocycles. The molecule has 0 saturated carbocycles. The van der Waals surface area contributed by atoms with Crippen LogP contribution in [0.15, 0.2) is 36.5 Å². The van der Waals surface area contributed by atoms with E-state index in [-0.39, 0.29) is 12.3 Å². The first-order chi connectivity index (χ1) is 9.60. The molecule has 0 unspecified atom stereocenters. The van der Waals surface area contributed by atoms with Gasteiger partial charge in [-0.2, -0.15) is 0 Å². The number of aromatic nitrogens is 1. The lowest BCUT2D eigenvalue weighted by molar-refractivity contribution is -0.115. The maximum Gasteiger partial charge on any atom is 0.228 e. The molecule has 0 spiro atoms. The van der Waals surface area contributed by atoms with Crippen molar-refractivity contribution in [2.24, 2.45) is 5.73 Å². The smallest absolute Gasteiger partial charge is 0.228 e. The van der Waals surface area contributed by atoms with E-state index in [9.17, 15) is 4.79 Å². The van der Waals surface area contributed by atoms with E-state index >= 15 is 0 Å². The van der Waals surface area contributed by atoms with Crippen molar-refractivity contribution in [3.8, 4) is 0 Å². The molecule has 5 heteroatoms. The van der Waals surface area contributed by atoms with Gasteiger partial charge in [0.15, 0.2) is 0 Å². The van der Waals surface area contributed by atoms with Crippen molar-refractivity contribution in [2.75, 3.05) is 5.32 Å². The summed E-state index contributed by atoms with van der Waals surface area (Å²) in [5.41, 5.74) is 9.04. The Morgan fingerprint density at radius 2 is 2.05 bits per heavy atom. The molecule has 3 N–H and O–H groups in total. The van der Waals surface area contributed by atoms with Gasteiger partial charge in [-0.25, -0.2) is 4.98 Å². The van der Waals surface area contributed by atoms with E-state index in [1.54, 1.807) is 12.3 Å². The quantitative estimate of drug-likeness (QED) is 0.850. The summed E-state index contributed by atoms with van der Waals surface area (Å²) in [6, 6.07) is 9.44. The first-order valence-electron chi connectivity index (χ1n) is 6.29. The van der Waals surface area contributed by atoms with Gasteiger partial charge in [0, 0.05) is 6.54 Å². The number of amides is 1. The second-order valence-electron chi connectivity index (χ2n) is 4.53. The molecular weight excluding hydrogens is 274 g/mol. The van der Waals surface area contributed by atoms with Crippen molar-refractivity contribution in [3.05, 3.63) is 58.4 Å². The fourth-order valence-electron chi connectivity index (χ4n) is 1.93. The van der Waals surface area contributed by atoms with Crippen molar-refractivity contribution in [2.45, 2.75) is 19.9 Å². The third kappa shape index (κ3) is 3.56. The predicted molar refractivity (Wildman–Crippen MR) is 80.7 cm³/mol. The highest BCUT2D eigenvalue weighted by atomic mass is 35.5. The first-order valence-corrected chi connectivity index (χ1v) is 6.67. The van der Waals surface area contributed by atoms with Crippen LogP contribution in [0.25, 0.3) is 0 Å². The molecule has 1 aromatic heterocycles. The number of nitrogens with two attached hydrogens (primary N) is 1. The van der Waals surface area contributed by atoms with Crippen LogP contribution in [0.4, 0.5) is 5.69 Å². The summed E-state index contributed by atoms with van der Waals surface area (Å²) in [5, 5.41) is 3.25. The standard InChI is InChI=1S/C15H16ClN3O/c1-10-6-13(9-18-15(10)16)19-14(20)7-11-4-2-3-5-12(11)8-17/h2-6,9H,7-8,17H2,1H3,(H,19,20). The molecule has 0 fully saturated rings. The highest BCUT2D eigenvalue weighted by Crippen LogP contribution is 2.16. The van der Waals surface area contributed by atoms with Crippen molar-refractivity contribution >= 4 is 23.2 Å². The zero-order valence-corrected chi connectivity index (χ0v) is 11.9. The Labute approximate surface area is 123 Å². The average molecular weight is 290 g/mol. The summed E-state index contributed by atoms with van der Waals surface area (Å²) >= 11 is 5.85. The van der Waals surface area contributed by atoms with E-state index in [2.05, 4.69) is 10.3 Å². The molecule has 0 saturated heterocycles. The van der Waals surface area contributed by atoms with Crippen LogP contribution in [0, 0.1) is 6.92 Å². The van der Waals surface area contributed by atoms with Crippen LogP contribution >= 0.6 is 11.6 Å². The van der Waals surface area contributed by atoms with E-state index in [1.165, 1.54) is 0 Å². The summed E-state index contributed by atoms with van der Waals surface area (Å²) in [5.74, 6) is -0.102. The number of hydrogen-bond acceptors (Lipinski definition) is 3. The highest BCUT2D eigenvalue weighted by Gasteiger charge is 2.08. The van der Waals surface area contributed by atoms with Crippen LogP contribution in [-0.2, 0) is 17.8 Å². The van der Waals surface area contributed by atoms with Gasteiger partial charge in [-0.05, 0) is 29.7 Å². The van der Waals surface area contributed by atoms with Gasteiger partial charge >= 0.3 is 0 Å². The van der Waals surface area contributed by atoms with Gasteiger partial charge in [-0.15, -0.1) is 0 Å². The molecule has 1 heterocycles. The number of benzene rings is 1. The number of carbonyl (C=O) groups is 1. The van der Waals surface area contributed by atoms with Crippen LogP contribution in [-0.4, -0.2) is 10.9 Å². The SMILES string of the molecule is Cc1cc(NC(=O)Cc2ccccc2CN)cnc1Cl. The Morgan fingerprint density at radius 1 is 1.35 bits per heavy atom. The van der Waals surface area contributed by atoms with E-state index in [0.29, 0.717) is 17.4 Å². The lowest BCUT2D eigenvalue weighted by atomic mass is 10.0. The van der Waals surface area contributed by atoms with E-state index in [4.69, 9.17) is 17.3 Å². The molecule has 1 aromatic carbocycles. The molecule has 0 radical (unpaired) electrons. The number of rotatable bonds is 4. The topological polar surface area (TPSA) is 68.0 Å². The van der Waals surface area contributed by atoms with Crippen LogP contribution in [0.5, 0.6) is 0 Å². The van der Waals surface area contributed by atoms with Gasteiger partial charge in [-0.3, -0.25) is 4.79 Å². The number of anilines is 1. The van der Waals surface area contributed by atoms with Crippen molar-refractivity contribution in [1.29, 1.82) is 0 Å². The Bertz CT molecular complexity index is 628. The highest BCUT2D eigenvalue weighted by molar-refractivity contribution is 6.30. The molecule has 0 bridgehead atoms. The Balaban J connectivity index is 2.07. The molecule has 2 rings (SSSR count). The number of nitrogens with zero attached hydrogens (tertiary/aromatic N) is 1. The number of carbonyl (C=O) groups excluding carboxylic acids is 1. The van der Waals surface area contributed by atoms with Gasteiger partial charge in [0.2, 0.25) is 5.91 Å². The van der Waals surface area contributed by atoms with E-state index in [1.807, 2.05) is 31.2 Å². The third-order valence-corrected chi connectivity index (χ3v) is 3.38. The summed E-state index contributed by atoms with van der Waals surface area (Å²) in [6.45, 7) is 2.26. The van der Waals surface area contributed by atoms with Crippen LogP contribution < -0.4 is 11.1 Å². The number of pyridine rings is 1. The van der Waals surface area contributed by atoms with Gasteiger partial charge in [-0.1, -0.05) is 35.9 Å². The minimum Gasteiger partial charge on any atom is -0.326 e. The van der Waals surface area contributed by atoms with Crippen LogP contribution in [0.3, 0.4) is 0 Å². The zero-order chi connectivity index (χ0) is 14.5. The minimum atomic E-state index is -0.102. The molecule has 0 atom stereocenters. The van der Waals surface area contributed by atoms with E-state index in [0.717, 1.165) is 16.7 Å². The van der Waals surface area contributed by atoms with Crippen molar-refractivity contribution in [1.82, 2.24) is 4.98 Å². The number of aryl methyl sites for hydroxylation is 1. The molecule has 1 amide bonds. The number of hydrogen-bond donors (Lipinski definition) is 2. The molecule has 4 nitrogen and oxygen atoms in total. The molecule has 2 aromatic rings. The van der Waals surface area contributed by atoms with Gasteiger partial charge < -0.3 is 11.1 Å². The zero-order valence-electron chi connectivity index (χ0n) is 11.2. The predicted octanol–water partition coefficient (Wildman–Crippen LogP) is 2.68. The first kappa shape index (κ1) is 14.5. The normalized spacial score (nSPS) is 10.3. The second-order valence-corrected chi connectivity index (χ2v) is 4.89. The van der Waals surface area contributed by atoms with Gasteiger partial charge in [0.05, 0.1) is 18.3 Å². The van der Waals surface area contributed by atoms with Crippen molar-refractivity contribution < 1.29 is 4.79 Å². The summed E-state index contributed by atoms with van der Waals surface area (Å²) in [6.07, 6.45) is 1.83. The summed E-state index contributed by atoms with van der Waals surface area (Å²) in [4.78, 5) is 16.0. The number of nitrogens with one attached hydrogen (secondary N) is 1. The Hall–Kier alpha value is -1.91. The number of halogens is 1. The van der Waals surface area contributed by atoms with Crippen LogP contribution in [0.2, 0.25) is 5.15 Å². The molecule has 0 aliphatic rings. The second kappa shape index (κ2) is 6.50.